The van der Waals surface area contributed by atoms with Crippen molar-refractivity contribution in [2.45, 2.75) is 30.3 Å². The first-order valence-corrected chi connectivity index (χ1v) is 5.20. The van der Waals surface area contributed by atoms with Gasteiger partial charge in [-0.25, -0.2) is 0 Å². The Morgan fingerprint density at radius 1 is 1.73 bits per heavy atom. The Kier molecular flexibility index (Phi) is 4.26. The molecule has 1 heterocycles. The van der Waals surface area contributed by atoms with Crippen molar-refractivity contribution in [1.29, 1.82) is 0 Å². The molecular formula is C8H17NOS. The van der Waals surface area contributed by atoms with E-state index in [1.54, 1.807) is 0 Å². The first kappa shape index (κ1) is 9.36. The van der Waals surface area contributed by atoms with Crippen molar-refractivity contribution >= 4 is 11.8 Å². The van der Waals surface area contributed by atoms with Crippen LogP contribution >= 0.6 is 11.8 Å². The van der Waals surface area contributed by atoms with Crippen LogP contribution in [0.2, 0.25) is 0 Å². The third kappa shape index (κ3) is 3.45. The molecule has 0 aromatic carbocycles. The fourth-order valence-electron chi connectivity index (χ4n) is 1.20. The molecule has 2 unspecified atom stereocenters. The molecule has 3 heteroatoms. The van der Waals surface area contributed by atoms with Gasteiger partial charge in [0, 0.05) is 23.7 Å². The van der Waals surface area contributed by atoms with E-state index in [0.29, 0.717) is 10.5 Å². The lowest BCUT2D eigenvalue weighted by molar-refractivity contribution is 0.101. The molecule has 0 amide bonds. The summed E-state index contributed by atoms with van der Waals surface area (Å²) in [7, 11) is 0. The summed E-state index contributed by atoms with van der Waals surface area (Å²) in [5.74, 6) is 0. The average molecular weight is 175 g/mol. The van der Waals surface area contributed by atoms with Crippen molar-refractivity contribution in [3.63, 3.8) is 0 Å². The Morgan fingerprint density at radius 2 is 2.55 bits per heavy atom. The molecule has 0 saturated carbocycles. The summed E-state index contributed by atoms with van der Waals surface area (Å²) in [4.78, 5) is 0. The minimum atomic E-state index is 0.585. The molecule has 0 aromatic heterocycles. The van der Waals surface area contributed by atoms with Crippen LogP contribution in [0.5, 0.6) is 0 Å². The molecule has 1 aliphatic heterocycles. The molecule has 0 spiro atoms. The third-order valence-corrected chi connectivity index (χ3v) is 3.29. The maximum atomic E-state index is 5.53. The number of nitrogens with two attached hydrogens (primary N) is 1. The van der Waals surface area contributed by atoms with Gasteiger partial charge in [-0.15, -0.1) is 0 Å². The van der Waals surface area contributed by atoms with Gasteiger partial charge in [-0.2, -0.15) is 11.8 Å². The Hall–Kier alpha value is 0.270. The maximum absolute atomic E-state index is 5.53. The second-order valence-corrected chi connectivity index (χ2v) is 4.77. The van der Waals surface area contributed by atoms with Gasteiger partial charge in [-0.05, 0) is 12.8 Å². The minimum absolute atomic E-state index is 0.585. The lowest BCUT2D eigenvalue weighted by Crippen LogP contribution is -2.24. The van der Waals surface area contributed by atoms with Gasteiger partial charge in [0.1, 0.15) is 0 Å². The zero-order valence-electron chi connectivity index (χ0n) is 7.08. The van der Waals surface area contributed by atoms with Crippen LogP contribution in [0.4, 0.5) is 0 Å². The van der Waals surface area contributed by atoms with Crippen LogP contribution in [0, 0.1) is 0 Å². The Labute approximate surface area is 72.9 Å². The predicted octanol–water partition coefficient (Wildman–Crippen LogP) is 1.25. The Bertz CT molecular complexity index is 104. The van der Waals surface area contributed by atoms with Gasteiger partial charge in [0.25, 0.3) is 0 Å². The predicted molar refractivity (Wildman–Crippen MR) is 49.9 cm³/mol. The molecule has 1 rings (SSSR count). The summed E-state index contributed by atoms with van der Waals surface area (Å²) in [6, 6.07) is 0. The average Bonchev–Trinajstić information content (AvgIpc) is 2.06. The monoisotopic (exact) mass is 175 g/mol. The highest BCUT2D eigenvalue weighted by Crippen LogP contribution is 2.23. The highest BCUT2D eigenvalue weighted by Gasteiger charge is 2.16. The van der Waals surface area contributed by atoms with Crippen molar-refractivity contribution in [2.24, 2.45) is 5.73 Å². The van der Waals surface area contributed by atoms with Crippen molar-refractivity contribution in [3.8, 4) is 0 Å². The minimum Gasteiger partial charge on any atom is -0.380 e. The van der Waals surface area contributed by atoms with E-state index in [9.17, 15) is 0 Å². The van der Waals surface area contributed by atoms with Crippen molar-refractivity contribution in [3.05, 3.63) is 0 Å². The van der Waals surface area contributed by atoms with Crippen LogP contribution < -0.4 is 5.73 Å². The molecule has 2 atom stereocenters. The molecule has 0 bridgehead atoms. The molecule has 0 aromatic rings. The summed E-state index contributed by atoms with van der Waals surface area (Å²) in [5.41, 5.74) is 5.53. The van der Waals surface area contributed by atoms with Crippen LogP contribution in [0.15, 0.2) is 0 Å². The topological polar surface area (TPSA) is 35.2 Å². The van der Waals surface area contributed by atoms with Crippen molar-refractivity contribution < 1.29 is 4.74 Å². The molecule has 66 valence electrons. The van der Waals surface area contributed by atoms with E-state index in [0.717, 1.165) is 19.8 Å². The summed E-state index contributed by atoms with van der Waals surface area (Å²) in [5, 5.41) is 1.28. The third-order valence-electron chi connectivity index (χ3n) is 1.88. The van der Waals surface area contributed by atoms with Crippen LogP contribution in [0.25, 0.3) is 0 Å². The van der Waals surface area contributed by atoms with Gasteiger partial charge in [-0.3, -0.25) is 0 Å². The molecule has 11 heavy (non-hydrogen) atoms. The summed E-state index contributed by atoms with van der Waals surface area (Å²) < 4.78 is 5.37. The fraction of sp³-hybridized carbons (Fsp3) is 1.00. The number of rotatable bonds is 3. The Morgan fingerprint density at radius 3 is 3.09 bits per heavy atom. The summed E-state index contributed by atoms with van der Waals surface area (Å²) in [6.07, 6.45) is 2.52. The molecule has 1 fully saturated rings. The number of hydrogen-bond acceptors (Lipinski definition) is 3. The van der Waals surface area contributed by atoms with Crippen LogP contribution in [0.1, 0.15) is 19.8 Å². The first-order chi connectivity index (χ1) is 5.33. The van der Waals surface area contributed by atoms with Gasteiger partial charge in [0.2, 0.25) is 0 Å². The molecular weight excluding hydrogens is 158 g/mol. The van der Waals surface area contributed by atoms with Crippen LogP contribution in [-0.2, 0) is 4.74 Å². The highest BCUT2D eigenvalue weighted by molar-refractivity contribution is 8.00. The van der Waals surface area contributed by atoms with E-state index in [4.69, 9.17) is 10.5 Å². The highest BCUT2D eigenvalue weighted by atomic mass is 32.2. The normalized spacial score (nSPS) is 28.4. The van der Waals surface area contributed by atoms with E-state index in [-0.39, 0.29) is 0 Å². The van der Waals surface area contributed by atoms with Crippen molar-refractivity contribution in [1.82, 2.24) is 0 Å². The van der Waals surface area contributed by atoms with E-state index >= 15 is 0 Å². The largest absolute Gasteiger partial charge is 0.380 e. The molecule has 1 aliphatic rings. The van der Waals surface area contributed by atoms with Crippen molar-refractivity contribution in [2.75, 3.05) is 19.8 Å². The second kappa shape index (κ2) is 5.01. The number of thioether (sulfide) groups is 1. The van der Waals surface area contributed by atoms with Gasteiger partial charge in [0.05, 0.1) is 6.61 Å². The SMILES string of the molecule is CC(CN)SC1CCCOC1. The second-order valence-electron chi connectivity index (χ2n) is 3.02. The number of hydrogen-bond donors (Lipinski definition) is 1. The summed E-state index contributed by atoms with van der Waals surface area (Å²) in [6.45, 7) is 4.84. The van der Waals surface area contributed by atoms with E-state index in [2.05, 4.69) is 6.92 Å². The molecule has 2 N–H and O–H groups in total. The van der Waals surface area contributed by atoms with E-state index < -0.39 is 0 Å². The lowest BCUT2D eigenvalue weighted by Gasteiger charge is -2.23. The zero-order chi connectivity index (χ0) is 8.10. The molecule has 0 radical (unpaired) electrons. The standard InChI is InChI=1S/C8H17NOS/c1-7(5-9)11-8-3-2-4-10-6-8/h7-8H,2-6,9H2,1H3. The molecule has 0 aliphatic carbocycles. The molecule has 1 saturated heterocycles. The number of ether oxygens (including phenoxy) is 1. The van der Waals surface area contributed by atoms with Gasteiger partial charge >= 0.3 is 0 Å². The molecule has 2 nitrogen and oxygen atoms in total. The van der Waals surface area contributed by atoms with Gasteiger partial charge in [0.15, 0.2) is 0 Å². The van der Waals surface area contributed by atoms with E-state index in [1.165, 1.54) is 12.8 Å². The zero-order valence-corrected chi connectivity index (χ0v) is 7.90. The first-order valence-electron chi connectivity index (χ1n) is 4.26. The Balaban J connectivity index is 2.13. The van der Waals surface area contributed by atoms with Gasteiger partial charge in [-0.1, -0.05) is 6.92 Å². The fourth-order valence-corrected chi connectivity index (χ4v) is 2.45. The van der Waals surface area contributed by atoms with Gasteiger partial charge < -0.3 is 10.5 Å². The quantitative estimate of drug-likeness (QED) is 0.701. The van der Waals surface area contributed by atoms with E-state index in [1.807, 2.05) is 11.8 Å². The lowest BCUT2D eigenvalue weighted by atomic mass is 10.2. The van der Waals surface area contributed by atoms with Crippen LogP contribution in [-0.4, -0.2) is 30.3 Å². The maximum Gasteiger partial charge on any atom is 0.0585 e. The summed E-state index contributed by atoms with van der Waals surface area (Å²) >= 11 is 1.97. The smallest absolute Gasteiger partial charge is 0.0585 e. The van der Waals surface area contributed by atoms with Crippen LogP contribution in [0.3, 0.4) is 0 Å².